The lowest BCUT2D eigenvalue weighted by Gasteiger charge is -2.30. The minimum atomic E-state index is 0.528. The van der Waals surface area contributed by atoms with E-state index in [9.17, 15) is 0 Å². The Morgan fingerprint density at radius 2 is 2.29 bits per heavy atom. The summed E-state index contributed by atoms with van der Waals surface area (Å²) < 4.78 is 2.05. The number of rotatable bonds is 3. The Kier molecular flexibility index (Phi) is 2.54. The highest BCUT2D eigenvalue weighted by molar-refractivity contribution is 5.25. The highest BCUT2D eigenvalue weighted by atomic mass is 15.3. The number of aromatic nitrogens is 2. The normalized spacial score (nSPS) is 27.6. The summed E-state index contributed by atoms with van der Waals surface area (Å²) >= 11 is 0. The molecule has 1 fully saturated rings. The molecule has 3 nitrogen and oxygen atoms in total. The molecule has 2 aliphatic rings. The molecule has 3 rings (SSSR count). The average molecular weight is 233 g/mol. The predicted octanol–water partition coefficient (Wildman–Crippen LogP) is 2.58. The van der Waals surface area contributed by atoms with Crippen molar-refractivity contribution in [2.24, 2.45) is 12.5 Å². The van der Waals surface area contributed by atoms with Gasteiger partial charge in [0.2, 0.25) is 0 Å². The predicted molar refractivity (Wildman–Crippen MR) is 68.8 cm³/mol. The van der Waals surface area contributed by atoms with Gasteiger partial charge >= 0.3 is 0 Å². The van der Waals surface area contributed by atoms with Crippen LogP contribution in [0.3, 0.4) is 0 Å². The van der Waals surface area contributed by atoms with Gasteiger partial charge in [0.1, 0.15) is 0 Å². The molecule has 0 radical (unpaired) electrons. The fourth-order valence-electron chi connectivity index (χ4n) is 3.01. The summed E-state index contributed by atoms with van der Waals surface area (Å²) in [6.45, 7) is 4.75. The molecule has 2 unspecified atom stereocenters. The van der Waals surface area contributed by atoms with E-state index in [1.807, 2.05) is 4.68 Å². The summed E-state index contributed by atoms with van der Waals surface area (Å²) in [7, 11) is 2.06. The maximum atomic E-state index is 4.41. The fourth-order valence-corrected chi connectivity index (χ4v) is 3.01. The zero-order valence-corrected chi connectivity index (χ0v) is 11.2. The van der Waals surface area contributed by atoms with Crippen molar-refractivity contribution in [1.29, 1.82) is 0 Å². The van der Waals surface area contributed by atoms with Crippen molar-refractivity contribution in [2.75, 3.05) is 0 Å². The van der Waals surface area contributed by atoms with E-state index in [0.717, 1.165) is 0 Å². The molecule has 1 saturated carbocycles. The number of hydrogen-bond donors (Lipinski definition) is 1. The van der Waals surface area contributed by atoms with E-state index in [-0.39, 0.29) is 0 Å². The zero-order valence-electron chi connectivity index (χ0n) is 11.2. The van der Waals surface area contributed by atoms with Gasteiger partial charge in [0.25, 0.3) is 0 Å². The van der Waals surface area contributed by atoms with Crippen molar-refractivity contribution in [3.8, 4) is 0 Å². The Morgan fingerprint density at radius 1 is 1.53 bits per heavy atom. The van der Waals surface area contributed by atoms with Crippen LogP contribution in [0, 0.1) is 5.41 Å². The topological polar surface area (TPSA) is 29.9 Å². The third kappa shape index (κ3) is 1.90. The van der Waals surface area contributed by atoms with Crippen molar-refractivity contribution in [3.63, 3.8) is 0 Å². The molecule has 3 heteroatoms. The Balaban J connectivity index is 1.76. The molecular formula is C14H23N3. The third-order valence-corrected chi connectivity index (χ3v) is 4.91. The van der Waals surface area contributed by atoms with Crippen LogP contribution in [0.1, 0.15) is 56.8 Å². The van der Waals surface area contributed by atoms with E-state index in [0.29, 0.717) is 17.5 Å². The highest BCUT2D eigenvalue weighted by Gasteiger charge is 2.43. The first kappa shape index (κ1) is 11.3. The Hall–Kier alpha value is -0.830. The molecular weight excluding hydrogens is 210 g/mol. The van der Waals surface area contributed by atoms with Crippen molar-refractivity contribution < 1.29 is 0 Å². The van der Waals surface area contributed by atoms with Crippen LogP contribution in [-0.2, 0) is 13.5 Å². The van der Waals surface area contributed by atoms with E-state index in [1.165, 1.54) is 43.4 Å². The van der Waals surface area contributed by atoms with Gasteiger partial charge in [-0.2, -0.15) is 5.10 Å². The highest BCUT2D eigenvalue weighted by Crippen LogP contribution is 2.48. The van der Waals surface area contributed by atoms with Crippen molar-refractivity contribution in [2.45, 2.75) is 58.0 Å². The smallest absolute Gasteiger partial charge is 0.0540 e. The van der Waals surface area contributed by atoms with E-state index >= 15 is 0 Å². The molecule has 2 aliphatic carbocycles. The van der Waals surface area contributed by atoms with E-state index in [2.05, 4.69) is 37.5 Å². The van der Waals surface area contributed by atoms with Gasteiger partial charge in [0.15, 0.2) is 0 Å². The molecule has 0 bridgehead atoms. The molecule has 1 aromatic heterocycles. The first-order chi connectivity index (χ1) is 8.10. The van der Waals surface area contributed by atoms with Crippen LogP contribution in [0.15, 0.2) is 6.20 Å². The number of fused-ring (bicyclic) bond motifs is 1. The summed E-state index contributed by atoms with van der Waals surface area (Å²) in [5.41, 5.74) is 3.43. The number of aryl methyl sites for hydroxylation is 1. The summed E-state index contributed by atoms with van der Waals surface area (Å²) in [6.07, 6.45) is 8.57. The van der Waals surface area contributed by atoms with Crippen LogP contribution in [0.25, 0.3) is 0 Å². The fraction of sp³-hybridized carbons (Fsp3) is 0.786. The lowest BCUT2D eigenvalue weighted by molar-refractivity contribution is 0.320. The van der Waals surface area contributed by atoms with Gasteiger partial charge in [0.05, 0.1) is 6.20 Å². The number of nitrogens with one attached hydrogen (secondary N) is 1. The second kappa shape index (κ2) is 3.84. The second-order valence-corrected chi connectivity index (χ2v) is 6.16. The van der Waals surface area contributed by atoms with Crippen molar-refractivity contribution >= 4 is 0 Å². The van der Waals surface area contributed by atoms with Crippen LogP contribution >= 0.6 is 0 Å². The molecule has 0 spiro atoms. The monoisotopic (exact) mass is 233 g/mol. The summed E-state index contributed by atoms with van der Waals surface area (Å²) in [5, 5.41) is 8.25. The molecule has 1 aromatic rings. The summed E-state index contributed by atoms with van der Waals surface area (Å²) in [5.74, 6) is 0. The van der Waals surface area contributed by atoms with E-state index in [1.54, 1.807) is 0 Å². The minimum absolute atomic E-state index is 0.528. The van der Waals surface area contributed by atoms with Gasteiger partial charge < -0.3 is 5.32 Å². The van der Waals surface area contributed by atoms with Crippen LogP contribution in [-0.4, -0.2) is 15.8 Å². The van der Waals surface area contributed by atoms with Crippen molar-refractivity contribution in [3.05, 3.63) is 17.5 Å². The minimum Gasteiger partial charge on any atom is -0.307 e. The maximum Gasteiger partial charge on any atom is 0.0540 e. The quantitative estimate of drug-likeness (QED) is 0.869. The molecule has 1 N–H and O–H groups in total. The molecule has 0 saturated heterocycles. The molecule has 0 aromatic carbocycles. The molecule has 17 heavy (non-hydrogen) atoms. The van der Waals surface area contributed by atoms with Crippen LogP contribution in [0.5, 0.6) is 0 Å². The lowest BCUT2D eigenvalue weighted by Crippen LogP contribution is -2.37. The SMILES string of the molecule is CC(NC1CCCc2c1cnn2C)C1(C)CC1. The van der Waals surface area contributed by atoms with Crippen LogP contribution in [0.4, 0.5) is 0 Å². The van der Waals surface area contributed by atoms with Crippen LogP contribution in [0.2, 0.25) is 0 Å². The Bertz CT molecular complexity index is 417. The van der Waals surface area contributed by atoms with Gasteiger partial charge in [-0.15, -0.1) is 0 Å². The first-order valence-corrected chi connectivity index (χ1v) is 6.87. The first-order valence-electron chi connectivity index (χ1n) is 6.87. The van der Waals surface area contributed by atoms with Gasteiger partial charge in [-0.05, 0) is 44.4 Å². The van der Waals surface area contributed by atoms with Crippen LogP contribution < -0.4 is 5.32 Å². The number of nitrogens with zero attached hydrogens (tertiary/aromatic N) is 2. The van der Waals surface area contributed by atoms with Gasteiger partial charge in [-0.3, -0.25) is 4.68 Å². The summed E-state index contributed by atoms with van der Waals surface area (Å²) in [4.78, 5) is 0. The van der Waals surface area contributed by atoms with Gasteiger partial charge in [-0.1, -0.05) is 6.92 Å². The molecule has 0 amide bonds. The van der Waals surface area contributed by atoms with Crippen molar-refractivity contribution in [1.82, 2.24) is 15.1 Å². The van der Waals surface area contributed by atoms with Gasteiger partial charge in [-0.25, -0.2) is 0 Å². The molecule has 1 heterocycles. The maximum absolute atomic E-state index is 4.41. The average Bonchev–Trinajstić information content (AvgIpc) is 2.95. The molecule has 2 atom stereocenters. The second-order valence-electron chi connectivity index (χ2n) is 6.16. The third-order valence-electron chi connectivity index (χ3n) is 4.91. The Morgan fingerprint density at radius 3 is 3.00 bits per heavy atom. The number of hydrogen-bond acceptors (Lipinski definition) is 2. The molecule has 94 valence electrons. The molecule has 0 aliphatic heterocycles. The Labute approximate surface area is 104 Å². The van der Waals surface area contributed by atoms with E-state index in [4.69, 9.17) is 0 Å². The largest absolute Gasteiger partial charge is 0.307 e. The standard InChI is InChI=1S/C14H23N3/c1-10(14(2)7-8-14)16-12-5-4-6-13-11(12)9-15-17(13)3/h9-10,12,16H,4-8H2,1-3H3. The lowest BCUT2D eigenvalue weighted by atomic mass is 9.90. The van der Waals surface area contributed by atoms with Gasteiger partial charge in [0, 0.05) is 30.4 Å². The summed E-state index contributed by atoms with van der Waals surface area (Å²) in [6, 6.07) is 1.15. The zero-order chi connectivity index (χ0) is 12.0. The van der Waals surface area contributed by atoms with E-state index < -0.39 is 0 Å².